The summed E-state index contributed by atoms with van der Waals surface area (Å²) in [4.78, 5) is 2.49. The lowest BCUT2D eigenvalue weighted by molar-refractivity contribution is 0.0103. The highest BCUT2D eigenvalue weighted by Crippen LogP contribution is 2.33. The van der Waals surface area contributed by atoms with E-state index in [1.54, 1.807) is 0 Å². The molecule has 1 heterocycles. The van der Waals surface area contributed by atoms with Gasteiger partial charge in [-0.1, -0.05) is 0 Å². The number of ether oxygens (including phenoxy) is 1. The van der Waals surface area contributed by atoms with E-state index in [9.17, 15) is 0 Å². The molecule has 0 unspecified atom stereocenters. The highest BCUT2D eigenvalue weighted by atomic mass is 16.5. The molecule has 3 heteroatoms. The number of rotatable bonds is 3. The Bertz CT molecular complexity index is 151. The third kappa shape index (κ3) is 2.42. The number of nitrogens with zero attached hydrogens (tertiary/aromatic N) is 1. The van der Waals surface area contributed by atoms with Crippen LogP contribution < -0.4 is 0 Å². The van der Waals surface area contributed by atoms with E-state index in [-0.39, 0.29) is 0 Å². The highest BCUT2D eigenvalue weighted by Gasteiger charge is 2.29. The van der Waals surface area contributed by atoms with Gasteiger partial charge >= 0.3 is 0 Å². The second kappa shape index (κ2) is 4.40. The summed E-state index contributed by atoms with van der Waals surface area (Å²) in [5.74, 6) is 1.45. The van der Waals surface area contributed by atoms with Crippen molar-refractivity contribution >= 4 is 0 Å². The van der Waals surface area contributed by atoms with Gasteiger partial charge in [-0.15, -0.1) is 0 Å². The molecular weight excluding hydrogens is 166 g/mol. The van der Waals surface area contributed by atoms with Gasteiger partial charge in [-0.3, -0.25) is 4.90 Å². The zero-order valence-corrected chi connectivity index (χ0v) is 8.11. The standard InChI is InChI=1S/C10H19NO2/c12-8-10-5-9(6-10)7-11-1-3-13-4-2-11/h9-10,12H,1-8H2. The van der Waals surface area contributed by atoms with Crippen LogP contribution in [0.5, 0.6) is 0 Å². The van der Waals surface area contributed by atoms with Crippen LogP contribution in [0.15, 0.2) is 0 Å². The predicted octanol–water partition coefficient (Wildman–Crippen LogP) is 0.337. The first-order chi connectivity index (χ1) is 6.38. The molecule has 1 aliphatic heterocycles. The summed E-state index contributed by atoms with van der Waals surface area (Å²) >= 11 is 0. The number of hydrogen-bond donors (Lipinski definition) is 1. The fourth-order valence-corrected chi connectivity index (χ4v) is 2.32. The molecule has 0 bridgehead atoms. The minimum absolute atomic E-state index is 0.389. The third-order valence-electron chi connectivity index (χ3n) is 3.21. The number of hydrogen-bond acceptors (Lipinski definition) is 3. The van der Waals surface area contributed by atoms with Gasteiger partial charge in [0.25, 0.3) is 0 Å². The van der Waals surface area contributed by atoms with Crippen molar-refractivity contribution in [1.29, 1.82) is 0 Å². The minimum Gasteiger partial charge on any atom is -0.396 e. The van der Waals surface area contributed by atoms with Gasteiger partial charge in [-0.25, -0.2) is 0 Å². The average molecular weight is 185 g/mol. The molecule has 1 saturated heterocycles. The van der Waals surface area contributed by atoms with E-state index in [4.69, 9.17) is 9.84 Å². The smallest absolute Gasteiger partial charge is 0.0594 e. The van der Waals surface area contributed by atoms with E-state index in [2.05, 4.69) is 4.90 Å². The second-order valence-electron chi connectivity index (χ2n) is 4.30. The predicted molar refractivity (Wildman–Crippen MR) is 50.6 cm³/mol. The molecule has 0 radical (unpaired) electrons. The summed E-state index contributed by atoms with van der Waals surface area (Å²) in [5, 5.41) is 8.88. The second-order valence-corrected chi connectivity index (χ2v) is 4.30. The Morgan fingerprint density at radius 2 is 1.85 bits per heavy atom. The van der Waals surface area contributed by atoms with Crippen LogP contribution in [0.4, 0.5) is 0 Å². The van der Waals surface area contributed by atoms with Gasteiger partial charge < -0.3 is 9.84 Å². The summed E-state index contributed by atoms with van der Waals surface area (Å²) in [7, 11) is 0. The summed E-state index contributed by atoms with van der Waals surface area (Å²) in [6.45, 7) is 5.60. The lowest BCUT2D eigenvalue weighted by atomic mass is 9.75. The largest absolute Gasteiger partial charge is 0.396 e. The first kappa shape index (κ1) is 9.44. The van der Waals surface area contributed by atoms with Crippen LogP contribution in [-0.2, 0) is 4.74 Å². The van der Waals surface area contributed by atoms with E-state index in [0.717, 1.165) is 32.2 Å². The van der Waals surface area contributed by atoms with Crippen LogP contribution in [0.25, 0.3) is 0 Å². The summed E-state index contributed by atoms with van der Waals surface area (Å²) in [6.07, 6.45) is 2.46. The lowest BCUT2D eigenvalue weighted by Gasteiger charge is -2.38. The quantitative estimate of drug-likeness (QED) is 0.688. The highest BCUT2D eigenvalue weighted by molar-refractivity contribution is 4.81. The number of aliphatic hydroxyl groups is 1. The molecule has 3 nitrogen and oxygen atoms in total. The van der Waals surface area contributed by atoms with E-state index in [0.29, 0.717) is 12.5 Å². The molecular formula is C10H19NO2. The molecule has 0 spiro atoms. The molecule has 0 aromatic heterocycles. The maximum Gasteiger partial charge on any atom is 0.0594 e. The van der Waals surface area contributed by atoms with Gasteiger partial charge in [-0.2, -0.15) is 0 Å². The normalized spacial score (nSPS) is 35.8. The van der Waals surface area contributed by atoms with E-state index < -0.39 is 0 Å². The molecule has 1 saturated carbocycles. The van der Waals surface area contributed by atoms with Crippen LogP contribution in [0.1, 0.15) is 12.8 Å². The number of morpholine rings is 1. The van der Waals surface area contributed by atoms with Crippen molar-refractivity contribution < 1.29 is 9.84 Å². The molecule has 0 amide bonds. The van der Waals surface area contributed by atoms with E-state index >= 15 is 0 Å². The van der Waals surface area contributed by atoms with Gasteiger partial charge in [0.1, 0.15) is 0 Å². The fourth-order valence-electron chi connectivity index (χ4n) is 2.32. The zero-order chi connectivity index (χ0) is 9.10. The van der Waals surface area contributed by atoms with Gasteiger partial charge in [0.15, 0.2) is 0 Å². The Balaban J connectivity index is 1.62. The van der Waals surface area contributed by atoms with Gasteiger partial charge in [0, 0.05) is 26.2 Å². The monoisotopic (exact) mass is 185 g/mol. The Labute approximate surface area is 79.7 Å². The van der Waals surface area contributed by atoms with Gasteiger partial charge in [-0.05, 0) is 24.7 Å². The maximum absolute atomic E-state index is 8.88. The molecule has 0 atom stereocenters. The van der Waals surface area contributed by atoms with Crippen LogP contribution >= 0.6 is 0 Å². The summed E-state index contributed by atoms with van der Waals surface area (Å²) in [6, 6.07) is 0. The Hall–Kier alpha value is -0.120. The van der Waals surface area contributed by atoms with Crippen molar-refractivity contribution in [2.45, 2.75) is 12.8 Å². The van der Waals surface area contributed by atoms with Gasteiger partial charge in [0.2, 0.25) is 0 Å². The van der Waals surface area contributed by atoms with Crippen LogP contribution in [0.3, 0.4) is 0 Å². The third-order valence-corrected chi connectivity index (χ3v) is 3.21. The van der Waals surface area contributed by atoms with E-state index in [1.807, 2.05) is 0 Å². The Kier molecular flexibility index (Phi) is 3.19. The first-order valence-electron chi connectivity index (χ1n) is 5.29. The van der Waals surface area contributed by atoms with Crippen molar-refractivity contribution in [3.05, 3.63) is 0 Å². The van der Waals surface area contributed by atoms with Crippen molar-refractivity contribution in [2.24, 2.45) is 11.8 Å². The minimum atomic E-state index is 0.389. The molecule has 0 aromatic rings. The first-order valence-corrected chi connectivity index (χ1v) is 5.29. The lowest BCUT2D eigenvalue weighted by Crippen LogP contribution is -2.42. The van der Waals surface area contributed by atoms with E-state index in [1.165, 1.54) is 19.4 Å². The van der Waals surface area contributed by atoms with Crippen molar-refractivity contribution in [2.75, 3.05) is 39.5 Å². The fraction of sp³-hybridized carbons (Fsp3) is 1.00. The molecule has 2 rings (SSSR count). The van der Waals surface area contributed by atoms with Crippen LogP contribution in [0.2, 0.25) is 0 Å². The van der Waals surface area contributed by atoms with Gasteiger partial charge in [0.05, 0.1) is 13.2 Å². The zero-order valence-electron chi connectivity index (χ0n) is 8.11. The molecule has 0 aromatic carbocycles. The topological polar surface area (TPSA) is 32.7 Å². The molecule has 1 N–H and O–H groups in total. The average Bonchev–Trinajstić information content (AvgIpc) is 2.12. The summed E-state index contributed by atoms with van der Waals surface area (Å²) < 4.78 is 5.29. The molecule has 1 aliphatic carbocycles. The summed E-state index contributed by atoms with van der Waals surface area (Å²) in [5.41, 5.74) is 0. The number of aliphatic hydroxyl groups excluding tert-OH is 1. The molecule has 76 valence electrons. The van der Waals surface area contributed by atoms with Crippen LogP contribution in [-0.4, -0.2) is 49.5 Å². The van der Waals surface area contributed by atoms with Crippen molar-refractivity contribution in [3.63, 3.8) is 0 Å². The van der Waals surface area contributed by atoms with Crippen molar-refractivity contribution in [3.8, 4) is 0 Å². The molecule has 2 aliphatic rings. The SMILES string of the molecule is OCC1CC(CN2CCOCC2)C1. The van der Waals surface area contributed by atoms with Crippen molar-refractivity contribution in [1.82, 2.24) is 4.90 Å². The van der Waals surface area contributed by atoms with Crippen LogP contribution in [0, 0.1) is 11.8 Å². The molecule has 2 fully saturated rings. The Morgan fingerprint density at radius 3 is 2.46 bits per heavy atom. The maximum atomic E-state index is 8.88. The Morgan fingerprint density at radius 1 is 1.15 bits per heavy atom. The molecule has 13 heavy (non-hydrogen) atoms.